The zero-order chi connectivity index (χ0) is 13.2. The van der Waals surface area contributed by atoms with E-state index in [1.54, 1.807) is 0 Å². The molecule has 1 aliphatic rings. The van der Waals surface area contributed by atoms with Gasteiger partial charge in [0.1, 0.15) is 10.7 Å². The molecule has 3 rings (SSSR count). The number of amides is 1. The van der Waals surface area contributed by atoms with Crippen molar-refractivity contribution in [3.8, 4) is 10.6 Å². The quantitative estimate of drug-likeness (QED) is 0.928. The lowest BCUT2D eigenvalue weighted by Crippen LogP contribution is -2.25. The first-order valence-electron chi connectivity index (χ1n) is 6.53. The van der Waals surface area contributed by atoms with Crippen LogP contribution in [-0.4, -0.2) is 17.4 Å². The Kier molecular flexibility index (Phi) is 3.34. The fourth-order valence-corrected chi connectivity index (χ4v) is 2.66. The first-order chi connectivity index (χ1) is 9.22. The highest BCUT2D eigenvalue weighted by Crippen LogP contribution is 2.28. The van der Waals surface area contributed by atoms with Gasteiger partial charge in [-0.25, -0.2) is 4.98 Å². The average Bonchev–Trinajstić information content (AvgIpc) is 3.12. The molecular formula is C15H16N2OS. The SMILES string of the molecule is Cc1ccc(-c2nc(C(=O)NCC3CC3)cs2)cc1. The number of thiazole rings is 1. The standard InChI is InChI=1S/C15H16N2OS/c1-10-2-6-12(7-3-10)15-17-13(9-19-15)14(18)16-8-11-4-5-11/h2-3,6-7,9,11H,4-5,8H2,1H3,(H,16,18). The van der Waals surface area contributed by atoms with Gasteiger partial charge < -0.3 is 5.32 Å². The molecule has 2 aromatic rings. The summed E-state index contributed by atoms with van der Waals surface area (Å²) in [5.41, 5.74) is 2.82. The van der Waals surface area contributed by atoms with Crippen LogP contribution in [0.2, 0.25) is 0 Å². The highest BCUT2D eigenvalue weighted by molar-refractivity contribution is 7.13. The van der Waals surface area contributed by atoms with E-state index in [0.717, 1.165) is 17.1 Å². The van der Waals surface area contributed by atoms with Crippen molar-refractivity contribution in [2.75, 3.05) is 6.54 Å². The van der Waals surface area contributed by atoms with Gasteiger partial charge in [-0.05, 0) is 25.7 Å². The summed E-state index contributed by atoms with van der Waals surface area (Å²) in [6.45, 7) is 2.85. The molecule has 0 saturated heterocycles. The number of nitrogens with one attached hydrogen (secondary N) is 1. The summed E-state index contributed by atoms with van der Waals surface area (Å²) in [6, 6.07) is 8.20. The molecule has 0 radical (unpaired) electrons. The van der Waals surface area contributed by atoms with E-state index in [-0.39, 0.29) is 5.91 Å². The van der Waals surface area contributed by atoms with Gasteiger partial charge in [0.05, 0.1) is 0 Å². The highest BCUT2D eigenvalue weighted by atomic mass is 32.1. The van der Waals surface area contributed by atoms with E-state index in [0.29, 0.717) is 11.6 Å². The zero-order valence-electron chi connectivity index (χ0n) is 10.8. The minimum Gasteiger partial charge on any atom is -0.350 e. The van der Waals surface area contributed by atoms with Gasteiger partial charge in [0.15, 0.2) is 0 Å². The molecule has 1 N–H and O–H groups in total. The van der Waals surface area contributed by atoms with Crippen molar-refractivity contribution in [3.05, 3.63) is 40.9 Å². The van der Waals surface area contributed by atoms with Crippen LogP contribution in [0, 0.1) is 12.8 Å². The highest BCUT2D eigenvalue weighted by Gasteiger charge is 2.22. The smallest absolute Gasteiger partial charge is 0.270 e. The third-order valence-corrected chi connectivity index (χ3v) is 4.17. The van der Waals surface area contributed by atoms with Gasteiger partial charge in [-0.2, -0.15) is 0 Å². The summed E-state index contributed by atoms with van der Waals surface area (Å²) >= 11 is 1.51. The maximum atomic E-state index is 11.9. The Balaban J connectivity index is 1.71. The summed E-state index contributed by atoms with van der Waals surface area (Å²) in [7, 11) is 0. The van der Waals surface area contributed by atoms with Crippen LogP contribution in [0.15, 0.2) is 29.6 Å². The number of benzene rings is 1. The number of hydrogen-bond acceptors (Lipinski definition) is 3. The molecule has 1 aromatic heterocycles. The minimum absolute atomic E-state index is 0.0542. The Morgan fingerprint density at radius 2 is 2.11 bits per heavy atom. The third-order valence-electron chi connectivity index (χ3n) is 3.28. The Labute approximate surface area is 116 Å². The number of aryl methyl sites for hydroxylation is 1. The van der Waals surface area contributed by atoms with Crippen LogP contribution >= 0.6 is 11.3 Å². The number of carbonyl (C=O) groups excluding carboxylic acids is 1. The van der Waals surface area contributed by atoms with Crippen LogP contribution in [0.5, 0.6) is 0 Å². The molecule has 0 bridgehead atoms. The largest absolute Gasteiger partial charge is 0.350 e. The molecule has 1 heterocycles. The molecule has 98 valence electrons. The molecule has 0 aliphatic heterocycles. The van der Waals surface area contributed by atoms with Gasteiger partial charge in [-0.15, -0.1) is 11.3 Å². The lowest BCUT2D eigenvalue weighted by molar-refractivity contribution is 0.0947. The minimum atomic E-state index is -0.0542. The van der Waals surface area contributed by atoms with Crippen molar-refractivity contribution in [1.82, 2.24) is 10.3 Å². The van der Waals surface area contributed by atoms with E-state index in [1.165, 1.54) is 29.7 Å². The van der Waals surface area contributed by atoms with Crippen molar-refractivity contribution in [2.45, 2.75) is 19.8 Å². The molecule has 3 nitrogen and oxygen atoms in total. The van der Waals surface area contributed by atoms with E-state index in [1.807, 2.05) is 17.5 Å². The molecule has 0 atom stereocenters. The van der Waals surface area contributed by atoms with Crippen molar-refractivity contribution in [2.24, 2.45) is 5.92 Å². The summed E-state index contributed by atoms with van der Waals surface area (Å²) < 4.78 is 0. The molecule has 1 saturated carbocycles. The summed E-state index contributed by atoms with van der Waals surface area (Å²) in [4.78, 5) is 16.3. The fraction of sp³-hybridized carbons (Fsp3) is 0.333. The summed E-state index contributed by atoms with van der Waals surface area (Å²) in [5.74, 6) is 0.640. The number of hydrogen-bond donors (Lipinski definition) is 1. The van der Waals surface area contributed by atoms with Crippen LogP contribution in [0.1, 0.15) is 28.9 Å². The maximum absolute atomic E-state index is 11.9. The van der Waals surface area contributed by atoms with Gasteiger partial charge in [0.25, 0.3) is 5.91 Å². The van der Waals surface area contributed by atoms with Gasteiger partial charge in [-0.1, -0.05) is 29.8 Å². The molecule has 0 unspecified atom stereocenters. The Morgan fingerprint density at radius 1 is 1.37 bits per heavy atom. The topological polar surface area (TPSA) is 42.0 Å². The lowest BCUT2D eigenvalue weighted by Gasteiger charge is -2.00. The molecule has 1 aromatic carbocycles. The number of rotatable bonds is 4. The second kappa shape index (κ2) is 5.13. The molecule has 0 spiro atoms. The number of carbonyl (C=O) groups is 1. The predicted molar refractivity (Wildman–Crippen MR) is 77.3 cm³/mol. The van der Waals surface area contributed by atoms with Crippen LogP contribution in [0.25, 0.3) is 10.6 Å². The third kappa shape index (κ3) is 3.01. The molecule has 1 aliphatic carbocycles. The number of aromatic nitrogens is 1. The molecule has 4 heteroatoms. The molecule has 19 heavy (non-hydrogen) atoms. The van der Waals surface area contributed by atoms with E-state index in [2.05, 4.69) is 29.4 Å². The molecular weight excluding hydrogens is 256 g/mol. The summed E-state index contributed by atoms with van der Waals surface area (Å²) in [6.07, 6.45) is 2.48. The van der Waals surface area contributed by atoms with Gasteiger partial charge >= 0.3 is 0 Å². The van der Waals surface area contributed by atoms with Crippen molar-refractivity contribution in [1.29, 1.82) is 0 Å². The first-order valence-corrected chi connectivity index (χ1v) is 7.41. The summed E-state index contributed by atoms with van der Waals surface area (Å²) in [5, 5.41) is 5.67. The van der Waals surface area contributed by atoms with Crippen molar-refractivity contribution >= 4 is 17.2 Å². The lowest BCUT2D eigenvalue weighted by atomic mass is 10.2. The zero-order valence-corrected chi connectivity index (χ0v) is 11.7. The first kappa shape index (κ1) is 12.4. The maximum Gasteiger partial charge on any atom is 0.270 e. The van der Waals surface area contributed by atoms with Gasteiger partial charge in [0, 0.05) is 17.5 Å². The normalized spacial score (nSPS) is 14.4. The van der Waals surface area contributed by atoms with E-state index >= 15 is 0 Å². The van der Waals surface area contributed by atoms with Gasteiger partial charge in [-0.3, -0.25) is 4.79 Å². The van der Waals surface area contributed by atoms with Crippen LogP contribution in [0.4, 0.5) is 0 Å². The fourth-order valence-electron chi connectivity index (χ4n) is 1.86. The van der Waals surface area contributed by atoms with Gasteiger partial charge in [0.2, 0.25) is 0 Å². The molecule has 1 amide bonds. The van der Waals surface area contributed by atoms with Crippen LogP contribution in [0.3, 0.4) is 0 Å². The van der Waals surface area contributed by atoms with E-state index < -0.39 is 0 Å². The van der Waals surface area contributed by atoms with Crippen LogP contribution < -0.4 is 5.32 Å². The second-order valence-electron chi connectivity index (χ2n) is 5.06. The van der Waals surface area contributed by atoms with Crippen LogP contribution in [-0.2, 0) is 0 Å². The Bertz CT molecular complexity index is 584. The number of nitrogens with zero attached hydrogens (tertiary/aromatic N) is 1. The van der Waals surface area contributed by atoms with E-state index in [4.69, 9.17) is 0 Å². The average molecular weight is 272 g/mol. The van der Waals surface area contributed by atoms with Crippen molar-refractivity contribution in [3.63, 3.8) is 0 Å². The molecule has 1 fully saturated rings. The predicted octanol–water partition coefficient (Wildman–Crippen LogP) is 3.26. The second-order valence-corrected chi connectivity index (χ2v) is 5.92. The Hall–Kier alpha value is -1.68. The van der Waals surface area contributed by atoms with Crippen molar-refractivity contribution < 1.29 is 4.79 Å². The van der Waals surface area contributed by atoms with E-state index in [9.17, 15) is 4.79 Å². The monoisotopic (exact) mass is 272 g/mol. The Morgan fingerprint density at radius 3 is 2.79 bits per heavy atom.